The zero-order chi connectivity index (χ0) is 21.0. The van der Waals surface area contributed by atoms with E-state index < -0.39 is 18.3 Å². The van der Waals surface area contributed by atoms with Gasteiger partial charge in [-0.1, -0.05) is 40.0 Å². The molecule has 0 aliphatic carbocycles. The van der Waals surface area contributed by atoms with E-state index in [1.165, 1.54) is 0 Å². The zero-order valence-electron chi connectivity index (χ0n) is 18.4. The van der Waals surface area contributed by atoms with Gasteiger partial charge in [0.05, 0.1) is 38.1 Å². The van der Waals surface area contributed by atoms with Crippen molar-refractivity contribution in [2.24, 2.45) is 0 Å². The van der Waals surface area contributed by atoms with Crippen molar-refractivity contribution >= 4 is 0 Å². The topological polar surface area (TPSA) is 91.6 Å². The molecule has 0 aliphatic rings. The van der Waals surface area contributed by atoms with Gasteiger partial charge in [-0.15, -0.1) is 0 Å². The van der Waals surface area contributed by atoms with Crippen molar-refractivity contribution < 1.29 is 29.5 Å². The van der Waals surface area contributed by atoms with Gasteiger partial charge in [0.1, 0.15) is 0 Å². The lowest BCUT2D eigenvalue weighted by atomic mass is 10.2. The predicted molar refractivity (Wildman–Crippen MR) is 112 cm³/mol. The van der Waals surface area contributed by atoms with Crippen molar-refractivity contribution in [3.63, 3.8) is 0 Å². The molecular formula is C21H45NO6. The second kappa shape index (κ2) is 20.0. The summed E-state index contributed by atoms with van der Waals surface area (Å²) in [6.07, 6.45) is 4.06. The fourth-order valence-electron chi connectivity index (χ4n) is 2.67. The van der Waals surface area contributed by atoms with E-state index in [1.807, 2.05) is 4.90 Å². The number of nitrogens with zero attached hydrogens (tertiary/aromatic N) is 1. The summed E-state index contributed by atoms with van der Waals surface area (Å²) in [6.45, 7) is 9.91. The molecule has 0 aromatic heterocycles. The molecule has 3 N–H and O–H groups in total. The van der Waals surface area contributed by atoms with E-state index >= 15 is 0 Å². The monoisotopic (exact) mass is 407 g/mol. The lowest BCUT2D eigenvalue weighted by Crippen LogP contribution is -2.45. The van der Waals surface area contributed by atoms with Crippen LogP contribution in [0.5, 0.6) is 0 Å². The molecule has 0 aliphatic heterocycles. The molecule has 7 nitrogen and oxygen atoms in total. The van der Waals surface area contributed by atoms with Crippen LogP contribution >= 0.6 is 0 Å². The van der Waals surface area contributed by atoms with Crippen LogP contribution in [0.3, 0.4) is 0 Å². The van der Waals surface area contributed by atoms with Crippen LogP contribution in [0.15, 0.2) is 0 Å². The van der Waals surface area contributed by atoms with E-state index in [0.29, 0.717) is 39.5 Å². The maximum Gasteiger partial charge on any atom is 0.0900 e. The van der Waals surface area contributed by atoms with Crippen molar-refractivity contribution in [2.75, 3.05) is 59.3 Å². The van der Waals surface area contributed by atoms with Crippen molar-refractivity contribution in [1.29, 1.82) is 0 Å². The first kappa shape index (κ1) is 27.7. The Hall–Kier alpha value is -0.280. The Morgan fingerprint density at radius 1 is 0.571 bits per heavy atom. The number of ether oxygens (including phenoxy) is 3. The minimum atomic E-state index is -0.668. The average molecular weight is 408 g/mol. The van der Waals surface area contributed by atoms with Gasteiger partial charge in [-0.25, -0.2) is 0 Å². The van der Waals surface area contributed by atoms with E-state index in [2.05, 4.69) is 20.8 Å². The minimum Gasteiger partial charge on any atom is -0.389 e. The van der Waals surface area contributed by atoms with E-state index in [4.69, 9.17) is 14.2 Å². The Bertz CT molecular complexity index is 274. The molecule has 28 heavy (non-hydrogen) atoms. The van der Waals surface area contributed by atoms with E-state index in [1.54, 1.807) is 0 Å². The summed E-state index contributed by atoms with van der Waals surface area (Å²) in [6, 6.07) is 0. The molecule has 0 spiro atoms. The molecule has 0 heterocycles. The van der Waals surface area contributed by atoms with Gasteiger partial charge >= 0.3 is 0 Å². The lowest BCUT2D eigenvalue weighted by molar-refractivity contribution is -0.0326. The summed E-state index contributed by atoms with van der Waals surface area (Å²) in [5, 5.41) is 30.7. The fraction of sp³-hybridized carbons (Fsp3) is 1.00. The first-order valence-corrected chi connectivity index (χ1v) is 11.0. The van der Waals surface area contributed by atoms with Crippen molar-refractivity contribution in [3.05, 3.63) is 0 Å². The van der Waals surface area contributed by atoms with Crippen LogP contribution in [0.2, 0.25) is 0 Å². The highest BCUT2D eigenvalue weighted by Gasteiger charge is 2.19. The molecule has 0 amide bonds. The minimum absolute atomic E-state index is 0.253. The normalized spacial score (nSPS) is 15.1. The van der Waals surface area contributed by atoms with Gasteiger partial charge in [-0.05, 0) is 19.3 Å². The van der Waals surface area contributed by atoms with Crippen LogP contribution < -0.4 is 0 Å². The van der Waals surface area contributed by atoms with Gasteiger partial charge in [0, 0.05) is 39.5 Å². The van der Waals surface area contributed by atoms with E-state index in [9.17, 15) is 15.3 Å². The van der Waals surface area contributed by atoms with Crippen LogP contribution in [0.1, 0.15) is 59.3 Å². The number of aliphatic hydroxyl groups is 3. The summed E-state index contributed by atoms with van der Waals surface area (Å²) < 4.78 is 16.4. The summed E-state index contributed by atoms with van der Waals surface area (Å²) in [5.74, 6) is 0. The fourth-order valence-corrected chi connectivity index (χ4v) is 2.67. The maximum absolute atomic E-state index is 10.2. The Morgan fingerprint density at radius 2 is 0.857 bits per heavy atom. The summed E-state index contributed by atoms with van der Waals surface area (Å²) in [4.78, 5) is 1.86. The third-order valence-corrected chi connectivity index (χ3v) is 4.26. The van der Waals surface area contributed by atoms with Crippen molar-refractivity contribution in [3.8, 4) is 0 Å². The van der Waals surface area contributed by atoms with Gasteiger partial charge < -0.3 is 29.5 Å². The number of unbranched alkanes of at least 4 members (excludes halogenated alkanes) is 3. The molecule has 3 unspecified atom stereocenters. The van der Waals surface area contributed by atoms with Crippen LogP contribution in [0.25, 0.3) is 0 Å². The van der Waals surface area contributed by atoms with Crippen LogP contribution in [0.4, 0.5) is 0 Å². The molecule has 0 saturated carbocycles. The highest BCUT2D eigenvalue weighted by molar-refractivity contribution is 4.72. The third kappa shape index (κ3) is 17.8. The molecule has 0 rings (SSSR count). The first-order chi connectivity index (χ1) is 13.5. The number of hydrogen-bond donors (Lipinski definition) is 3. The van der Waals surface area contributed by atoms with Gasteiger partial charge in [0.25, 0.3) is 0 Å². The first-order valence-electron chi connectivity index (χ1n) is 11.0. The average Bonchev–Trinajstić information content (AvgIpc) is 2.66. The standard InChI is InChI=1S/C21H45NO6/c1-4-7-10-26-16-19(23)13-22(14-20(24)17-27-11-8-5-2)15-21(25)18-28-12-9-6-3/h19-21,23-25H,4-18H2,1-3H3. The Balaban J connectivity index is 4.38. The molecular weight excluding hydrogens is 362 g/mol. The highest BCUT2D eigenvalue weighted by Crippen LogP contribution is 2.03. The second-order valence-corrected chi connectivity index (χ2v) is 7.47. The van der Waals surface area contributed by atoms with Crippen molar-refractivity contribution in [2.45, 2.75) is 77.6 Å². The Labute approximate surface area is 172 Å². The third-order valence-electron chi connectivity index (χ3n) is 4.26. The summed E-state index contributed by atoms with van der Waals surface area (Å²) >= 11 is 0. The molecule has 0 saturated heterocycles. The largest absolute Gasteiger partial charge is 0.389 e. The highest BCUT2D eigenvalue weighted by atomic mass is 16.5. The van der Waals surface area contributed by atoms with Gasteiger partial charge in [-0.3, -0.25) is 4.90 Å². The number of hydrogen-bond acceptors (Lipinski definition) is 7. The van der Waals surface area contributed by atoms with Gasteiger partial charge in [-0.2, -0.15) is 0 Å². The Morgan fingerprint density at radius 3 is 1.11 bits per heavy atom. The quantitative estimate of drug-likeness (QED) is 0.250. The molecule has 0 fully saturated rings. The lowest BCUT2D eigenvalue weighted by Gasteiger charge is -2.29. The summed E-state index contributed by atoms with van der Waals surface area (Å²) in [7, 11) is 0. The number of rotatable bonds is 21. The van der Waals surface area contributed by atoms with E-state index in [-0.39, 0.29) is 19.8 Å². The number of aliphatic hydroxyl groups excluding tert-OH is 3. The molecule has 0 radical (unpaired) electrons. The Kier molecular flexibility index (Phi) is 19.8. The smallest absolute Gasteiger partial charge is 0.0900 e. The van der Waals surface area contributed by atoms with Crippen LogP contribution in [-0.2, 0) is 14.2 Å². The SMILES string of the molecule is CCCCOCC(O)CN(CC(O)COCCCC)CC(O)COCCCC. The second-order valence-electron chi connectivity index (χ2n) is 7.47. The predicted octanol–water partition coefficient (Wildman–Crippen LogP) is 1.82. The molecule has 3 atom stereocenters. The maximum atomic E-state index is 10.2. The van der Waals surface area contributed by atoms with Gasteiger partial charge in [0.15, 0.2) is 0 Å². The molecule has 170 valence electrons. The molecule has 0 aromatic carbocycles. The van der Waals surface area contributed by atoms with Crippen molar-refractivity contribution in [1.82, 2.24) is 4.90 Å². The van der Waals surface area contributed by atoms with Crippen LogP contribution in [0, 0.1) is 0 Å². The molecule has 0 aromatic rings. The van der Waals surface area contributed by atoms with Gasteiger partial charge in [0.2, 0.25) is 0 Å². The van der Waals surface area contributed by atoms with Crippen LogP contribution in [-0.4, -0.2) is 97.8 Å². The van der Waals surface area contributed by atoms with E-state index in [0.717, 1.165) is 38.5 Å². The molecule has 0 bridgehead atoms. The summed E-state index contributed by atoms with van der Waals surface area (Å²) in [5.41, 5.74) is 0. The molecule has 7 heteroatoms. The zero-order valence-corrected chi connectivity index (χ0v) is 18.4.